The SMILES string of the molecule is C/C(=C\c1c(N)n(-c2ccc3ccccc3c2)c2ccc(-c3c4c(c(-c5cc6ccccc6c6ccccc56)c5ccccc35)C=CCC4)cc12)c1cccc(C)c1. The van der Waals surface area contributed by atoms with E-state index in [1.54, 1.807) is 0 Å². The van der Waals surface area contributed by atoms with Crippen molar-refractivity contribution in [2.24, 2.45) is 0 Å². The molecule has 1 aromatic heterocycles. The Morgan fingerprint density at radius 3 is 2.10 bits per heavy atom. The van der Waals surface area contributed by atoms with E-state index in [1.807, 2.05) is 0 Å². The van der Waals surface area contributed by atoms with Crippen LogP contribution in [-0.4, -0.2) is 4.57 Å². The second-order valence-corrected chi connectivity index (χ2v) is 15.9. The number of nitrogen functional groups attached to an aromatic ring is 1. The molecule has 2 N–H and O–H groups in total. The van der Waals surface area contributed by atoms with Gasteiger partial charge < -0.3 is 5.73 Å². The van der Waals surface area contributed by atoms with Crippen molar-refractivity contribution in [2.75, 3.05) is 5.73 Å². The number of nitrogens with zero attached hydrogens (tertiary/aromatic N) is 1. The minimum Gasteiger partial charge on any atom is -0.384 e. The van der Waals surface area contributed by atoms with Crippen LogP contribution in [0.25, 0.3) is 99.7 Å². The van der Waals surface area contributed by atoms with Gasteiger partial charge in [-0.1, -0.05) is 151 Å². The first-order chi connectivity index (χ1) is 28.5. The summed E-state index contributed by atoms with van der Waals surface area (Å²) >= 11 is 0. The Labute approximate surface area is 338 Å². The first-order valence-corrected chi connectivity index (χ1v) is 20.4. The molecular weight excluding hydrogens is 701 g/mol. The van der Waals surface area contributed by atoms with Gasteiger partial charge in [0.05, 0.1) is 5.52 Å². The third-order valence-electron chi connectivity index (χ3n) is 12.4. The van der Waals surface area contributed by atoms with E-state index < -0.39 is 0 Å². The molecule has 0 saturated heterocycles. The normalized spacial score (nSPS) is 13.0. The van der Waals surface area contributed by atoms with E-state index >= 15 is 0 Å². The summed E-state index contributed by atoms with van der Waals surface area (Å²) in [6.07, 6.45) is 9.02. The molecule has 1 aliphatic carbocycles. The minimum absolute atomic E-state index is 0.739. The van der Waals surface area contributed by atoms with E-state index in [4.69, 9.17) is 5.73 Å². The largest absolute Gasteiger partial charge is 0.384 e. The monoisotopic (exact) mass is 742 g/mol. The Morgan fingerprint density at radius 1 is 0.586 bits per heavy atom. The number of hydrogen-bond donors (Lipinski definition) is 1. The average molecular weight is 743 g/mol. The van der Waals surface area contributed by atoms with Gasteiger partial charge in [0.1, 0.15) is 5.82 Å². The van der Waals surface area contributed by atoms with Gasteiger partial charge in [0.2, 0.25) is 0 Å². The van der Waals surface area contributed by atoms with Crippen LogP contribution in [0.5, 0.6) is 0 Å². The van der Waals surface area contributed by atoms with Gasteiger partial charge in [0.25, 0.3) is 0 Å². The Hall–Kier alpha value is -7.16. The zero-order chi connectivity index (χ0) is 38.9. The van der Waals surface area contributed by atoms with Crippen LogP contribution >= 0.6 is 0 Å². The number of anilines is 1. The molecule has 276 valence electrons. The van der Waals surface area contributed by atoms with Crippen molar-refractivity contribution >= 4 is 77.5 Å². The van der Waals surface area contributed by atoms with Crippen LogP contribution < -0.4 is 5.73 Å². The molecule has 9 aromatic carbocycles. The number of nitrogens with two attached hydrogens (primary N) is 1. The highest BCUT2D eigenvalue weighted by molar-refractivity contribution is 6.19. The number of aromatic nitrogens is 1. The van der Waals surface area contributed by atoms with Gasteiger partial charge in [-0.3, -0.25) is 4.57 Å². The summed E-state index contributed by atoms with van der Waals surface area (Å²) in [7, 11) is 0. The number of fused-ring (bicyclic) bond motifs is 7. The molecule has 0 bridgehead atoms. The Morgan fingerprint density at radius 2 is 1.29 bits per heavy atom. The molecule has 10 aromatic rings. The molecule has 0 radical (unpaired) electrons. The standard InChI is InChI=1S/C56H42N2/c1-35-14-13-18-38(30-35)36(2)31-52-50-34-41(27-29-53(50)58(56(52)57)42-28-26-37-15-3-4-16-39(37)32-42)54-46-22-9-11-24-48(46)55(49-25-12-10-23-47(49)54)51-33-40-17-5-6-19-43(40)44-20-7-8-21-45(44)51/h3-9,11-22,24-34H,10,23,57H2,1-2H3/b36-31+. The number of aryl methyl sites for hydroxylation is 1. The lowest BCUT2D eigenvalue weighted by Gasteiger charge is -2.25. The quantitative estimate of drug-likeness (QED) is 0.175. The summed E-state index contributed by atoms with van der Waals surface area (Å²) in [5, 5.41) is 11.2. The van der Waals surface area contributed by atoms with Crippen LogP contribution in [0.1, 0.15) is 41.2 Å². The van der Waals surface area contributed by atoms with Gasteiger partial charge in [-0.05, 0) is 151 Å². The predicted octanol–water partition coefficient (Wildman–Crippen LogP) is 15.0. The summed E-state index contributed by atoms with van der Waals surface area (Å²) in [5.41, 5.74) is 22.0. The molecule has 0 aliphatic heterocycles. The van der Waals surface area contributed by atoms with Crippen molar-refractivity contribution in [1.29, 1.82) is 0 Å². The van der Waals surface area contributed by atoms with E-state index in [0.29, 0.717) is 0 Å². The third-order valence-corrected chi connectivity index (χ3v) is 12.4. The molecule has 11 rings (SSSR count). The molecule has 2 heteroatoms. The highest BCUT2D eigenvalue weighted by Crippen LogP contribution is 2.48. The van der Waals surface area contributed by atoms with Crippen LogP contribution in [0.2, 0.25) is 0 Å². The first kappa shape index (κ1) is 34.1. The van der Waals surface area contributed by atoms with Crippen LogP contribution in [0, 0.1) is 6.92 Å². The fraction of sp³-hybridized carbons (Fsp3) is 0.0714. The lowest BCUT2D eigenvalue weighted by molar-refractivity contribution is 0.991. The topological polar surface area (TPSA) is 30.9 Å². The summed E-state index contributed by atoms with van der Waals surface area (Å²) < 4.78 is 2.24. The lowest BCUT2D eigenvalue weighted by Crippen LogP contribution is -2.03. The van der Waals surface area contributed by atoms with Crippen LogP contribution in [-0.2, 0) is 6.42 Å². The maximum atomic E-state index is 7.32. The molecule has 0 spiro atoms. The molecule has 0 unspecified atom stereocenters. The highest BCUT2D eigenvalue weighted by Gasteiger charge is 2.24. The van der Waals surface area contributed by atoms with E-state index in [-0.39, 0.29) is 0 Å². The second-order valence-electron chi connectivity index (χ2n) is 15.9. The molecule has 0 atom stereocenters. The number of hydrogen-bond acceptors (Lipinski definition) is 1. The van der Waals surface area contributed by atoms with E-state index in [0.717, 1.165) is 40.8 Å². The van der Waals surface area contributed by atoms with Crippen molar-refractivity contribution in [2.45, 2.75) is 26.7 Å². The zero-order valence-electron chi connectivity index (χ0n) is 32.8. The smallest absolute Gasteiger partial charge is 0.116 e. The fourth-order valence-corrected chi connectivity index (χ4v) is 9.69. The van der Waals surface area contributed by atoms with E-state index in [1.165, 1.54) is 93.2 Å². The second kappa shape index (κ2) is 13.5. The predicted molar refractivity (Wildman–Crippen MR) is 251 cm³/mol. The molecule has 0 saturated carbocycles. The van der Waals surface area contributed by atoms with Gasteiger partial charge in [-0.2, -0.15) is 0 Å². The van der Waals surface area contributed by atoms with Crippen molar-refractivity contribution in [3.8, 4) is 27.9 Å². The van der Waals surface area contributed by atoms with Crippen LogP contribution in [0.3, 0.4) is 0 Å². The minimum atomic E-state index is 0.739. The Balaban J connectivity index is 1.19. The van der Waals surface area contributed by atoms with Crippen molar-refractivity contribution < 1.29 is 0 Å². The molecule has 0 amide bonds. The summed E-state index contributed by atoms with van der Waals surface area (Å²) in [4.78, 5) is 0. The number of rotatable bonds is 5. The lowest BCUT2D eigenvalue weighted by atomic mass is 9.79. The first-order valence-electron chi connectivity index (χ1n) is 20.4. The Bertz CT molecular complexity index is 3370. The van der Waals surface area contributed by atoms with Gasteiger partial charge in [-0.15, -0.1) is 0 Å². The molecule has 1 heterocycles. The fourth-order valence-electron chi connectivity index (χ4n) is 9.69. The Kier molecular flexibility index (Phi) is 7.94. The number of benzene rings is 9. The molecule has 0 fully saturated rings. The average Bonchev–Trinajstić information content (AvgIpc) is 3.54. The van der Waals surface area contributed by atoms with Crippen LogP contribution in [0.15, 0.2) is 170 Å². The maximum absolute atomic E-state index is 7.32. The molecular formula is C56H42N2. The summed E-state index contributed by atoms with van der Waals surface area (Å²) in [5.74, 6) is 0.739. The van der Waals surface area contributed by atoms with Gasteiger partial charge in [0, 0.05) is 16.6 Å². The highest BCUT2D eigenvalue weighted by atomic mass is 15.1. The third kappa shape index (κ3) is 5.40. The van der Waals surface area contributed by atoms with Gasteiger partial charge >= 0.3 is 0 Å². The van der Waals surface area contributed by atoms with Crippen LogP contribution in [0.4, 0.5) is 5.82 Å². The van der Waals surface area contributed by atoms with Gasteiger partial charge in [-0.25, -0.2) is 0 Å². The summed E-state index contributed by atoms with van der Waals surface area (Å²) in [6, 6.07) is 60.1. The number of allylic oxidation sites excluding steroid dienone is 2. The summed E-state index contributed by atoms with van der Waals surface area (Å²) in [6.45, 7) is 4.35. The molecule has 2 nitrogen and oxygen atoms in total. The van der Waals surface area contributed by atoms with Gasteiger partial charge in [0.15, 0.2) is 0 Å². The molecule has 58 heavy (non-hydrogen) atoms. The van der Waals surface area contributed by atoms with Crippen molar-refractivity contribution in [3.63, 3.8) is 0 Å². The van der Waals surface area contributed by atoms with E-state index in [9.17, 15) is 0 Å². The molecule has 1 aliphatic rings. The van der Waals surface area contributed by atoms with Crippen molar-refractivity contribution in [1.82, 2.24) is 4.57 Å². The van der Waals surface area contributed by atoms with Crippen molar-refractivity contribution in [3.05, 3.63) is 198 Å². The maximum Gasteiger partial charge on any atom is 0.116 e. The zero-order valence-corrected chi connectivity index (χ0v) is 32.8. The van der Waals surface area contributed by atoms with E-state index in [2.05, 4.69) is 200 Å².